The Hall–Kier alpha value is -1.72. The van der Waals surface area contributed by atoms with Gasteiger partial charge >= 0.3 is 0 Å². The minimum absolute atomic E-state index is 0.250. The minimum Gasteiger partial charge on any atom is -0.370 e. The molecule has 0 saturated carbocycles. The normalized spacial score (nSPS) is 15.3. The summed E-state index contributed by atoms with van der Waals surface area (Å²) in [5, 5.41) is 0.528. The molecule has 0 atom stereocenters. The SMILES string of the molecule is Cc1cc(Cl)ccc1S(=O)(=O)Nc1ccccc1N1CCCCC1. The van der Waals surface area contributed by atoms with Crippen molar-refractivity contribution in [1.29, 1.82) is 0 Å². The first-order chi connectivity index (χ1) is 11.5. The summed E-state index contributed by atoms with van der Waals surface area (Å²) >= 11 is 5.93. The molecule has 4 nitrogen and oxygen atoms in total. The zero-order valence-corrected chi connectivity index (χ0v) is 15.2. The third-order valence-corrected chi connectivity index (χ3v) is 6.03. The number of hydrogen-bond donors (Lipinski definition) is 1. The number of piperidine rings is 1. The largest absolute Gasteiger partial charge is 0.370 e. The molecule has 1 heterocycles. The second-order valence-electron chi connectivity index (χ2n) is 6.08. The Morgan fingerprint density at radius 2 is 1.75 bits per heavy atom. The van der Waals surface area contributed by atoms with Gasteiger partial charge in [-0.2, -0.15) is 0 Å². The van der Waals surface area contributed by atoms with Gasteiger partial charge in [-0.3, -0.25) is 4.72 Å². The van der Waals surface area contributed by atoms with Crippen LogP contribution in [-0.2, 0) is 10.0 Å². The van der Waals surface area contributed by atoms with E-state index in [1.165, 1.54) is 6.42 Å². The molecule has 2 aromatic rings. The van der Waals surface area contributed by atoms with Crippen LogP contribution in [0.4, 0.5) is 11.4 Å². The van der Waals surface area contributed by atoms with Crippen molar-refractivity contribution in [2.24, 2.45) is 0 Å². The van der Waals surface area contributed by atoms with E-state index in [4.69, 9.17) is 11.6 Å². The van der Waals surface area contributed by atoms with Gasteiger partial charge in [0.1, 0.15) is 0 Å². The first kappa shape index (κ1) is 17.1. The average Bonchev–Trinajstić information content (AvgIpc) is 2.55. The van der Waals surface area contributed by atoms with Crippen molar-refractivity contribution in [1.82, 2.24) is 0 Å². The van der Waals surface area contributed by atoms with E-state index >= 15 is 0 Å². The molecule has 2 aromatic carbocycles. The van der Waals surface area contributed by atoms with Gasteiger partial charge in [0.15, 0.2) is 0 Å². The van der Waals surface area contributed by atoms with Crippen LogP contribution in [0.15, 0.2) is 47.4 Å². The molecule has 0 aromatic heterocycles. The molecule has 0 bridgehead atoms. The van der Waals surface area contributed by atoms with E-state index in [-0.39, 0.29) is 4.90 Å². The van der Waals surface area contributed by atoms with Crippen molar-refractivity contribution in [2.75, 3.05) is 22.7 Å². The fourth-order valence-electron chi connectivity index (χ4n) is 3.08. The molecule has 1 aliphatic heterocycles. The molecule has 1 fully saturated rings. The second-order valence-corrected chi connectivity index (χ2v) is 8.17. The van der Waals surface area contributed by atoms with Crippen LogP contribution in [0.25, 0.3) is 0 Å². The van der Waals surface area contributed by atoms with Crippen LogP contribution in [-0.4, -0.2) is 21.5 Å². The van der Waals surface area contributed by atoms with E-state index in [9.17, 15) is 8.42 Å². The molecule has 0 unspecified atom stereocenters. The zero-order valence-electron chi connectivity index (χ0n) is 13.6. The fourth-order valence-corrected chi connectivity index (χ4v) is 4.61. The van der Waals surface area contributed by atoms with Crippen LogP contribution in [0.3, 0.4) is 0 Å². The molecule has 1 aliphatic rings. The molecule has 1 saturated heterocycles. The number of rotatable bonds is 4. The van der Waals surface area contributed by atoms with Gasteiger partial charge in [0.2, 0.25) is 0 Å². The molecule has 128 valence electrons. The minimum atomic E-state index is -3.66. The molecule has 24 heavy (non-hydrogen) atoms. The standard InChI is InChI=1S/C18H21ClN2O2S/c1-14-13-15(19)9-10-18(14)24(22,23)20-16-7-3-4-8-17(16)21-11-5-2-6-12-21/h3-4,7-10,13,20H,2,5-6,11-12H2,1H3. The first-order valence-corrected chi connectivity index (χ1v) is 9.96. The highest BCUT2D eigenvalue weighted by molar-refractivity contribution is 7.92. The summed E-state index contributed by atoms with van der Waals surface area (Å²) in [6, 6.07) is 12.4. The average molecular weight is 365 g/mol. The fraction of sp³-hybridized carbons (Fsp3) is 0.333. The highest BCUT2D eigenvalue weighted by atomic mass is 35.5. The Labute approximate surface area is 148 Å². The van der Waals surface area contributed by atoms with E-state index in [1.807, 2.05) is 24.3 Å². The lowest BCUT2D eigenvalue weighted by molar-refractivity contribution is 0.578. The summed E-state index contributed by atoms with van der Waals surface area (Å²) < 4.78 is 28.3. The number of nitrogens with zero attached hydrogens (tertiary/aromatic N) is 1. The van der Waals surface area contributed by atoms with Crippen LogP contribution in [0.5, 0.6) is 0 Å². The third kappa shape index (κ3) is 3.68. The van der Waals surface area contributed by atoms with E-state index in [2.05, 4.69) is 9.62 Å². The van der Waals surface area contributed by atoms with Gasteiger partial charge in [0, 0.05) is 18.1 Å². The maximum absolute atomic E-state index is 12.8. The summed E-state index contributed by atoms with van der Waals surface area (Å²) in [6.07, 6.45) is 3.50. The maximum atomic E-state index is 12.8. The van der Waals surface area contributed by atoms with Crippen LogP contribution < -0.4 is 9.62 Å². The van der Waals surface area contributed by atoms with Gasteiger partial charge in [0.25, 0.3) is 10.0 Å². The summed E-state index contributed by atoms with van der Waals surface area (Å²) in [5.41, 5.74) is 2.19. The number of benzene rings is 2. The van der Waals surface area contributed by atoms with Gasteiger partial charge in [-0.15, -0.1) is 0 Å². The van der Waals surface area contributed by atoms with E-state index < -0.39 is 10.0 Å². The Kier molecular flexibility index (Phi) is 5.01. The van der Waals surface area contributed by atoms with Gasteiger partial charge in [-0.25, -0.2) is 8.42 Å². The quantitative estimate of drug-likeness (QED) is 0.872. The number of sulfonamides is 1. The Morgan fingerprint density at radius 1 is 1.04 bits per heavy atom. The molecule has 0 aliphatic carbocycles. The number of halogens is 1. The van der Waals surface area contributed by atoms with Crippen LogP contribution >= 0.6 is 11.6 Å². The summed E-state index contributed by atoms with van der Waals surface area (Å²) in [5.74, 6) is 0. The Balaban J connectivity index is 1.93. The number of para-hydroxylation sites is 2. The molecule has 6 heteroatoms. The summed E-state index contributed by atoms with van der Waals surface area (Å²) in [7, 11) is -3.66. The molecule has 1 N–H and O–H groups in total. The van der Waals surface area contributed by atoms with Crippen molar-refractivity contribution in [2.45, 2.75) is 31.1 Å². The van der Waals surface area contributed by atoms with Crippen LogP contribution in [0.1, 0.15) is 24.8 Å². The van der Waals surface area contributed by atoms with Gasteiger partial charge in [-0.05, 0) is 62.1 Å². The zero-order chi connectivity index (χ0) is 17.2. The number of nitrogens with one attached hydrogen (secondary N) is 1. The number of anilines is 2. The van der Waals surface area contributed by atoms with Crippen molar-refractivity contribution in [3.05, 3.63) is 53.1 Å². The van der Waals surface area contributed by atoms with E-state index in [1.54, 1.807) is 25.1 Å². The van der Waals surface area contributed by atoms with Crippen LogP contribution in [0.2, 0.25) is 5.02 Å². The van der Waals surface area contributed by atoms with Crippen molar-refractivity contribution >= 4 is 33.0 Å². The first-order valence-electron chi connectivity index (χ1n) is 8.10. The number of aryl methyl sites for hydroxylation is 1. The van der Waals surface area contributed by atoms with Crippen molar-refractivity contribution in [3.63, 3.8) is 0 Å². The predicted octanol–water partition coefficient (Wildman–Crippen LogP) is 4.44. The molecule has 0 spiro atoms. The Bertz CT molecular complexity index is 831. The Morgan fingerprint density at radius 3 is 2.46 bits per heavy atom. The van der Waals surface area contributed by atoms with E-state index in [0.29, 0.717) is 16.3 Å². The second kappa shape index (κ2) is 7.03. The lowest BCUT2D eigenvalue weighted by Gasteiger charge is -2.30. The molecular formula is C18H21ClN2O2S. The van der Waals surface area contributed by atoms with Crippen molar-refractivity contribution < 1.29 is 8.42 Å². The topological polar surface area (TPSA) is 49.4 Å². The van der Waals surface area contributed by atoms with Gasteiger partial charge < -0.3 is 4.90 Å². The molecule has 0 radical (unpaired) electrons. The van der Waals surface area contributed by atoms with Gasteiger partial charge in [0.05, 0.1) is 16.3 Å². The monoisotopic (exact) mass is 364 g/mol. The smallest absolute Gasteiger partial charge is 0.262 e. The third-order valence-electron chi connectivity index (χ3n) is 4.27. The predicted molar refractivity (Wildman–Crippen MR) is 99.5 cm³/mol. The summed E-state index contributed by atoms with van der Waals surface area (Å²) in [4.78, 5) is 2.50. The van der Waals surface area contributed by atoms with Crippen LogP contribution in [0, 0.1) is 6.92 Å². The highest BCUT2D eigenvalue weighted by Crippen LogP contribution is 2.31. The lowest BCUT2D eigenvalue weighted by Crippen LogP contribution is -2.30. The summed E-state index contributed by atoms with van der Waals surface area (Å²) in [6.45, 7) is 3.66. The van der Waals surface area contributed by atoms with Gasteiger partial charge in [-0.1, -0.05) is 23.7 Å². The number of hydrogen-bond acceptors (Lipinski definition) is 3. The van der Waals surface area contributed by atoms with E-state index in [0.717, 1.165) is 31.6 Å². The molecule has 3 rings (SSSR count). The highest BCUT2D eigenvalue weighted by Gasteiger charge is 2.21. The molecular weight excluding hydrogens is 344 g/mol. The lowest BCUT2D eigenvalue weighted by atomic mass is 10.1. The van der Waals surface area contributed by atoms with Crippen molar-refractivity contribution in [3.8, 4) is 0 Å². The molecule has 0 amide bonds. The maximum Gasteiger partial charge on any atom is 0.262 e.